The first-order valence-corrected chi connectivity index (χ1v) is 7.16. The van der Waals surface area contributed by atoms with E-state index in [2.05, 4.69) is 21.2 Å². The van der Waals surface area contributed by atoms with Crippen molar-refractivity contribution in [3.8, 4) is 0 Å². The number of hydrogen-bond donors (Lipinski definition) is 1. The van der Waals surface area contributed by atoms with Crippen molar-refractivity contribution in [1.82, 2.24) is 0 Å². The quantitative estimate of drug-likeness (QED) is 0.804. The standard InChI is InChI=1S/C15H13BrClNO/c1-10-6-7-13(16)12(8-10)15(19)18-14-5-3-2-4-11(14)9-17/h2-8H,9H2,1H3,(H,18,19). The first-order chi connectivity index (χ1) is 9.11. The summed E-state index contributed by atoms with van der Waals surface area (Å²) in [7, 11) is 0. The van der Waals surface area contributed by atoms with Crippen LogP contribution in [-0.4, -0.2) is 5.91 Å². The fourth-order valence-corrected chi connectivity index (χ4v) is 2.42. The molecule has 0 fully saturated rings. The number of aryl methyl sites for hydroxylation is 1. The van der Waals surface area contributed by atoms with E-state index in [9.17, 15) is 4.79 Å². The van der Waals surface area contributed by atoms with E-state index in [0.717, 1.165) is 21.3 Å². The molecule has 0 aliphatic rings. The van der Waals surface area contributed by atoms with Gasteiger partial charge in [-0.25, -0.2) is 0 Å². The average molecular weight is 339 g/mol. The molecule has 0 saturated heterocycles. The Morgan fingerprint density at radius 2 is 2.00 bits per heavy atom. The lowest BCUT2D eigenvalue weighted by atomic mass is 10.1. The Balaban J connectivity index is 2.28. The third-order valence-corrected chi connectivity index (χ3v) is 3.76. The Morgan fingerprint density at radius 3 is 2.74 bits per heavy atom. The molecule has 2 nitrogen and oxygen atoms in total. The van der Waals surface area contributed by atoms with Crippen LogP contribution in [0.3, 0.4) is 0 Å². The molecule has 0 bridgehead atoms. The predicted octanol–water partition coefficient (Wildman–Crippen LogP) is 4.75. The molecule has 2 rings (SSSR count). The van der Waals surface area contributed by atoms with Gasteiger partial charge in [0.1, 0.15) is 0 Å². The fourth-order valence-electron chi connectivity index (χ4n) is 1.76. The van der Waals surface area contributed by atoms with Crippen LogP contribution in [0.1, 0.15) is 21.5 Å². The number of benzene rings is 2. The molecule has 1 N–H and O–H groups in total. The summed E-state index contributed by atoms with van der Waals surface area (Å²) in [4.78, 5) is 12.3. The molecule has 4 heteroatoms. The molecule has 0 aliphatic carbocycles. The minimum absolute atomic E-state index is 0.145. The summed E-state index contributed by atoms with van der Waals surface area (Å²) in [5.74, 6) is 0.221. The van der Waals surface area contributed by atoms with E-state index in [-0.39, 0.29) is 5.91 Å². The molecule has 2 aromatic carbocycles. The van der Waals surface area contributed by atoms with E-state index in [1.165, 1.54) is 0 Å². The van der Waals surface area contributed by atoms with Crippen molar-refractivity contribution in [3.63, 3.8) is 0 Å². The van der Waals surface area contributed by atoms with Gasteiger partial charge in [0.25, 0.3) is 5.91 Å². The highest BCUT2D eigenvalue weighted by Crippen LogP contribution is 2.22. The van der Waals surface area contributed by atoms with Gasteiger partial charge < -0.3 is 5.32 Å². The molecule has 0 aliphatic heterocycles. The fraction of sp³-hybridized carbons (Fsp3) is 0.133. The Labute approximate surface area is 125 Å². The number of rotatable bonds is 3. The third-order valence-electron chi connectivity index (χ3n) is 2.78. The number of carbonyl (C=O) groups excluding carboxylic acids is 1. The summed E-state index contributed by atoms with van der Waals surface area (Å²) in [5, 5.41) is 2.89. The summed E-state index contributed by atoms with van der Waals surface area (Å²) >= 11 is 9.25. The smallest absolute Gasteiger partial charge is 0.256 e. The molecule has 0 heterocycles. The lowest BCUT2D eigenvalue weighted by molar-refractivity contribution is 0.102. The number of amides is 1. The number of anilines is 1. The number of nitrogens with one attached hydrogen (secondary N) is 1. The molecule has 0 aromatic heterocycles. The molecule has 0 saturated carbocycles. The van der Waals surface area contributed by atoms with E-state index in [1.807, 2.05) is 49.4 Å². The normalized spacial score (nSPS) is 10.3. The van der Waals surface area contributed by atoms with Crippen molar-refractivity contribution < 1.29 is 4.79 Å². The van der Waals surface area contributed by atoms with Gasteiger partial charge in [-0.3, -0.25) is 4.79 Å². The summed E-state index contributed by atoms with van der Waals surface area (Å²) < 4.78 is 0.777. The van der Waals surface area contributed by atoms with Crippen LogP contribution in [0.5, 0.6) is 0 Å². The zero-order valence-electron chi connectivity index (χ0n) is 10.4. The second-order valence-corrected chi connectivity index (χ2v) is 5.35. The molecule has 1 amide bonds. The Morgan fingerprint density at radius 1 is 1.26 bits per heavy atom. The summed E-state index contributed by atoms with van der Waals surface area (Å²) in [5.41, 5.74) is 3.31. The first-order valence-electron chi connectivity index (χ1n) is 5.83. The molecular formula is C15H13BrClNO. The van der Waals surface area contributed by atoms with Gasteiger partial charge in [0, 0.05) is 16.0 Å². The van der Waals surface area contributed by atoms with Crippen molar-refractivity contribution in [1.29, 1.82) is 0 Å². The van der Waals surface area contributed by atoms with Gasteiger partial charge in [0.05, 0.1) is 5.56 Å². The number of halogens is 2. The van der Waals surface area contributed by atoms with Gasteiger partial charge in [-0.15, -0.1) is 11.6 Å². The summed E-state index contributed by atoms with van der Waals surface area (Å²) in [6.07, 6.45) is 0. The van der Waals surface area contributed by atoms with Gasteiger partial charge >= 0.3 is 0 Å². The van der Waals surface area contributed by atoms with Gasteiger partial charge in [0.15, 0.2) is 0 Å². The van der Waals surface area contributed by atoms with Crippen LogP contribution < -0.4 is 5.32 Å². The van der Waals surface area contributed by atoms with E-state index >= 15 is 0 Å². The van der Waals surface area contributed by atoms with Crippen LogP contribution in [0.4, 0.5) is 5.69 Å². The predicted molar refractivity (Wildman–Crippen MR) is 82.8 cm³/mol. The zero-order chi connectivity index (χ0) is 13.8. The molecule has 2 aromatic rings. The van der Waals surface area contributed by atoms with Crippen LogP contribution in [-0.2, 0) is 5.88 Å². The molecule has 0 atom stereocenters. The van der Waals surface area contributed by atoms with E-state index in [1.54, 1.807) is 0 Å². The second-order valence-electron chi connectivity index (χ2n) is 4.23. The number of hydrogen-bond acceptors (Lipinski definition) is 1. The van der Waals surface area contributed by atoms with E-state index in [4.69, 9.17) is 11.6 Å². The van der Waals surface area contributed by atoms with Crippen molar-refractivity contribution >= 4 is 39.1 Å². The number of alkyl halides is 1. The number of carbonyl (C=O) groups is 1. The summed E-state index contributed by atoms with van der Waals surface area (Å²) in [6.45, 7) is 1.95. The highest BCUT2D eigenvalue weighted by atomic mass is 79.9. The van der Waals surface area contributed by atoms with Gasteiger partial charge in [-0.1, -0.05) is 29.8 Å². The second kappa shape index (κ2) is 6.22. The van der Waals surface area contributed by atoms with Crippen molar-refractivity contribution in [2.75, 3.05) is 5.32 Å². The maximum atomic E-state index is 12.3. The molecular weight excluding hydrogens is 326 g/mol. The Kier molecular flexibility index (Phi) is 4.61. The molecule has 0 radical (unpaired) electrons. The highest BCUT2D eigenvalue weighted by Gasteiger charge is 2.11. The van der Waals surface area contributed by atoms with Crippen LogP contribution in [0, 0.1) is 6.92 Å². The largest absolute Gasteiger partial charge is 0.322 e. The maximum absolute atomic E-state index is 12.3. The van der Waals surface area contributed by atoms with E-state index in [0.29, 0.717) is 11.4 Å². The Hall–Kier alpha value is -1.32. The molecule has 0 unspecified atom stereocenters. The van der Waals surface area contributed by atoms with Crippen LogP contribution >= 0.6 is 27.5 Å². The first kappa shape index (κ1) is 14.1. The van der Waals surface area contributed by atoms with Gasteiger partial charge in [-0.05, 0) is 46.6 Å². The Bertz CT molecular complexity index is 613. The van der Waals surface area contributed by atoms with Crippen LogP contribution in [0.2, 0.25) is 0 Å². The van der Waals surface area contributed by atoms with Crippen molar-refractivity contribution in [3.05, 3.63) is 63.6 Å². The minimum Gasteiger partial charge on any atom is -0.322 e. The van der Waals surface area contributed by atoms with Gasteiger partial charge in [0.2, 0.25) is 0 Å². The lowest BCUT2D eigenvalue weighted by Gasteiger charge is -2.10. The topological polar surface area (TPSA) is 29.1 Å². The van der Waals surface area contributed by atoms with E-state index < -0.39 is 0 Å². The van der Waals surface area contributed by atoms with Crippen molar-refractivity contribution in [2.45, 2.75) is 12.8 Å². The average Bonchev–Trinajstić information content (AvgIpc) is 2.42. The molecule has 98 valence electrons. The minimum atomic E-state index is -0.145. The maximum Gasteiger partial charge on any atom is 0.256 e. The van der Waals surface area contributed by atoms with Crippen LogP contribution in [0.15, 0.2) is 46.9 Å². The van der Waals surface area contributed by atoms with Crippen LogP contribution in [0.25, 0.3) is 0 Å². The zero-order valence-corrected chi connectivity index (χ0v) is 12.8. The molecule has 19 heavy (non-hydrogen) atoms. The highest BCUT2D eigenvalue weighted by molar-refractivity contribution is 9.10. The monoisotopic (exact) mass is 337 g/mol. The third kappa shape index (κ3) is 3.37. The lowest BCUT2D eigenvalue weighted by Crippen LogP contribution is -2.13. The van der Waals surface area contributed by atoms with Crippen molar-refractivity contribution in [2.24, 2.45) is 0 Å². The summed E-state index contributed by atoms with van der Waals surface area (Å²) in [6, 6.07) is 13.2. The van der Waals surface area contributed by atoms with Gasteiger partial charge in [-0.2, -0.15) is 0 Å². The number of para-hydroxylation sites is 1. The molecule has 0 spiro atoms. The SMILES string of the molecule is Cc1ccc(Br)c(C(=O)Nc2ccccc2CCl)c1.